The van der Waals surface area contributed by atoms with Crippen LogP contribution in [0.4, 0.5) is 11.4 Å². The van der Waals surface area contributed by atoms with E-state index < -0.39 is 0 Å². The molecule has 1 atom stereocenters. The van der Waals surface area contributed by atoms with E-state index in [1.807, 2.05) is 30.4 Å². The van der Waals surface area contributed by atoms with E-state index in [4.69, 9.17) is 4.74 Å². The third-order valence-corrected chi connectivity index (χ3v) is 4.47. The zero-order valence-corrected chi connectivity index (χ0v) is 16.6. The molecule has 0 saturated carbocycles. The second kappa shape index (κ2) is 9.35. The summed E-state index contributed by atoms with van der Waals surface area (Å²) < 4.78 is 6.12. The van der Waals surface area contributed by atoms with Crippen molar-refractivity contribution < 1.29 is 19.6 Å². The second-order valence-corrected chi connectivity index (χ2v) is 6.78. The van der Waals surface area contributed by atoms with Gasteiger partial charge in [0.2, 0.25) is 5.91 Å². The van der Waals surface area contributed by atoms with Gasteiger partial charge in [-0.1, -0.05) is 0 Å². The number of carbonyl (C=O) groups excluding carboxylic acids is 2. The molecule has 6 nitrogen and oxygen atoms in total. The average Bonchev–Trinajstić information content (AvgIpc) is 2.61. The fourth-order valence-electron chi connectivity index (χ4n) is 2.44. The summed E-state index contributed by atoms with van der Waals surface area (Å²) >= 11 is 3.48. The van der Waals surface area contributed by atoms with E-state index >= 15 is 0 Å². The van der Waals surface area contributed by atoms with Gasteiger partial charge in [0, 0.05) is 23.9 Å². The number of nitrogens with two attached hydrogens (primary N) is 1. The Balaban J connectivity index is 1.86. The molecule has 2 amide bonds. The Morgan fingerprint density at radius 2 is 1.73 bits per heavy atom. The molecule has 0 bridgehead atoms. The fourth-order valence-corrected chi connectivity index (χ4v) is 3.00. The maximum atomic E-state index is 12.1. The van der Waals surface area contributed by atoms with E-state index in [2.05, 4.69) is 26.6 Å². The summed E-state index contributed by atoms with van der Waals surface area (Å²) in [5.74, 6) is 0.564. The third kappa shape index (κ3) is 5.86. The number of methoxy groups -OCH3 is 1. The Hall–Kier alpha value is -2.38. The smallest absolute Gasteiger partial charge is 0.279 e. The summed E-state index contributed by atoms with van der Waals surface area (Å²) in [6.07, 6.45) is 0. The second-order valence-electron chi connectivity index (χ2n) is 5.93. The van der Waals surface area contributed by atoms with Gasteiger partial charge in [-0.25, -0.2) is 0 Å². The van der Waals surface area contributed by atoms with Crippen molar-refractivity contribution in [3.8, 4) is 5.75 Å². The maximum absolute atomic E-state index is 12.1. The molecule has 0 aliphatic heterocycles. The van der Waals surface area contributed by atoms with Crippen molar-refractivity contribution in [1.82, 2.24) is 0 Å². The minimum Gasteiger partial charge on any atom is -0.496 e. The molecule has 138 valence electrons. The van der Waals surface area contributed by atoms with Crippen LogP contribution in [0.3, 0.4) is 0 Å². The summed E-state index contributed by atoms with van der Waals surface area (Å²) in [5, 5.41) is 7.50. The van der Waals surface area contributed by atoms with Gasteiger partial charge in [-0.15, -0.1) is 0 Å². The van der Waals surface area contributed by atoms with Crippen molar-refractivity contribution in [3.63, 3.8) is 0 Å². The predicted octanol–water partition coefficient (Wildman–Crippen LogP) is 2.68. The molecule has 2 rings (SSSR count). The van der Waals surface area contributed by atoms with Gasteiger partial charge in [0.05, 0.1) is 11.6 Å². The van der Waals surface area contributed by atoms with Crippen LogP contribution in [0.2, 0.25) is 0 Å². The zero-order valence-electron chi connectivity index (χ0n) is 15.0. The molecular weight excluding hydrogens is 398 g/mol. The van der Waals surface area contributed by atoms with E-state index in [9.17, 15) is 9.59 Å². The Morgan fingerprint density at radius 3 is 2.27 bits per heavy atom. The summed E-state index contributed by atoms with van der Waals surface area (Å²) in [7, 11) is 1.63. The highest BCUT2D eigenvalue weighted by Crippen LogP contribution is 2.27. The molecule has 0 aromatic heterocycles. The largest absolute Gasteiger partial charge is 0.496 e. The molecular formula is C19H23BrN3O3+. The van der Waals surface area contributed by atoms with Crippen molar-refractivity contribution in [1.29, 1.82) is 0 Å². The molecule has 7 heteroatoms. The molecule has 0 aliphatic carbocycles. The van der Waals surface area contributed by atoms with E-state index in [1.165, 1.54) is 6.92 Å². The monoisotopic (exact) mass is 420 g/mol. The van der Waals surface area contributed by atoms with Gasteiger partial charge in [-0.2, -0.15) is 0 Å². The average molecular weight is 421 g/mol. The van der Waals surface area contributed by atoms with Crippen molar-refractivity contribution in [3.05, 3.63) is 52.5 Å². The number of carbonyl (C=O) groups is 2. The molecule has 2 aromatic carbocycles. The first-order chi connectivity index (χ1) is 12.4. The first kappa shape index (κ1) is 19.9. The topological polar surface area (TPSA) is 84.0 Å². The molecule has 2 aromatic rings. The van der Waals surface area contributed by atoms with Crippen molar-refractivity contribution in [2.45, 2.75) is 19.9 Å². The lowest BCUT2D eigenvalue weighted by molar-refractivity contribution is -0.682. The highest BCUT2D eigenvalue weighted by Gasteiger charge is 2.13. The van der Waals surface area contributed by atoms with Gasteiger partial charge in [0.1, 0.15) is 11.8 Å². The number of hydrogen-bond donors (Lipinski definition) is 3. The minimum absolute atomic E-state index is 0.0864. The number of hydrogen-bond acceptors (Lipinski definition) is 3. The van der Waals surface area contributed by atoms with Crippen LogP contribution in [0.5, 0.6) is 5.75 Å². The van der Waals surface area contributed by atoms with Crippen LogP contribution < -0.4 is 20.7 Å². The van der Waals surface area contributed by atoms with E-state index in [0.717, 1.165) is 15.8 Å². The molecule has 4 N–H and O–H groups in total. The Kier molecular flexibility index (Phi) is 7.17. The van der Waals surface area contributed by atoms with Gasteiger partial charge >= 0.3 is 0 Å². The Bertz CT molecular complexity index is 778. The normalized spacial score (nSPS) is 11.5. The first-order valence-corrected chi connectivity index (χ1v) is 9.02. The number of quaternary nitrogens is 1. The standard InChI is InChI=1S/C19H22BrN3O3/c1-12(14-4-9-18(26-3)17(20)10-14)21-11-19(25)23-16-7-5-15(6-8-16)22-13(2)24/h4-10,12,21H,11H2,1-3H3,(H,22,24)(H,23,25)/p+1/t12-/m0/s1. The summed E-state index contributed by atoms with van der Waals surface area (Å²) in [4.78, 5) is 23.1. The summed E-state index contributed by atoms with van der Waals surface area (Å²) in [6, 6.07) is 13.0. The fraction of sp³-hybridized carbons (Fsp3) is 0.263. The molecule has 0 heterocycles. The van der Waals surface area contributed by atoms with E-state index in [-0.39, 0.29) is 17.9 Å². The maximum Gasteiger partial charge on any atom is 0.279 e. The molecule has 26 heavy (non-hydrogen) atoms. The Labute approximate surface area is 161 Å². The quantitative estimate of drug-likeness (QED) is 0.643. The summed E-state index contributed by atoms with van der Waals surface area (Å²) in [6.45, 7) is 3.80. The first-order valence-electron chi connectivity index (χ1n) is 8.23. The Morgan fingerprint density at radius 1 is 1.12 bits per heavy atom. The molecule has 0 saturated heterocycles. The van der Waals surface area contributed by atoms with E-state index in [0.29, 0.717) is 17.9 Å². The van der Waals surface area contributed by atoms with Crippen molar-refractivity contribution >= 4 is 39.1 Å². The molecule has 0 radical (unpaired) electrons. The van der Waals surface area contributed by atoms with Crippen LogP contribution in [-0.2, 0) is 9.59 Å². The minimum atomic E-state index is -0.129. The number of ether oxygens (including phenoxy) is 1. The van der Waals surface area contributed by atoms with Crippen LogP contribution in [0.15, 0.2) is 46.9 Å². The summed E-state index contributed by atoms with van der Waals surface area (Å²) in [5.41, 5.74) is 2.49. The highest BCUT2D eigenvalue weighted by molar-refractivity contribution is 9.10. The predicted molar refractivity (Wildman–Crippen MR) is 105 cm³/mol. The van der Waals surface area contributed by atoms with Gasteiger partial charge in [0.15, 0.2) is 6.54 Å². The number of halogens is 1. The molecule has 0 unspecified atom stereocenters. The SMILES string of the molecule is COc1ccc([C@H](C)[NH2+]CC(=O)Nc2ccc(NC(C)=O)cc2)cc1Br. The van der Waals surface area contributed by atoms with Crippen molar-refractivity contribution in [2.75, 3.05) is 24.3 Å². The molecule has 0 spiro atoms. The lowest BCUT2D eigenvalue weighted by atomic mass is 10.1. The third-order valence-electron chi connectivity index (χ3n) is 3.85. The van der Waals surface area contributed by atoms with Crippen LogP contribution in [0, 0.1) is 0 Å². The number of amides is 2. The van der Waals surface area contributed by atoms with Gasteiger partial charge in [0.25, 0.3) is 5.91 Å². The number of benzene rings is 2. The van der Waals surface area contributed by atoms with Crippen LogP contribution in [-0.4, -0.2) is 25.5 Å². The van der Waals surface area contributed by atoms with Crippen LogP contribution >= 0.6 is 15.9 Å². The van der Waals surface area contributed by atoms with Crippen molar-refractivity contribution in [2.24, 2.45) is 0 Å². The van der Waals surface area contributed by atoms with Gasteiger partial charge in [-0.05, 0) is 65.3 Å². The van der Waals surface area contributed by atoms with Crippen LogP contribution in [0.1, 0.15) is 25.5 Å². The number of rotatable bonds is 7. The lowest BCUT2D eigenvalue weighted by Crippen LogP contribution is -2.86. The number of anilines is 2. The zero-order chi connectivity index (χ0) is 19.1. The van der Waals surface area contributed by atoms with Gasteiger partial charge in [-0.3, -0.25) is 9.59 Å². The highest BCUT2D eigenvalue weighted by atomic mass is 79.9. The molecule has 0 fully saturated rings. The lowest BCUT2D eigenvalue weighted by Gasteiger charge is -2.13. The number of nitrogens with one attached hydrogen (secondary N) is 2. The van der Waals surface area contributed by atoms with Gasteiger partial charge < -0.3 is 20.7 Å². The van der Waals surface area contributed by atoms with E-state index in [1.54, 1.807) is 31.4 Å². The van der Waals surface area contributed by atoms with Crippen LogP contribution in [0.25, 0.3) is 0 Å². The molecule has 0 aliphatic rings.